The minimum absolute atomic E-state index is 0.119. The van der Waals surface area contributed by atoms with E-state index in [4.69, 9.17) is 0 Å². The number of hydrogen-bond donors (Lipinski definition) is 0. The smallest absolute Gasteiger partial charge is 0.227 e. The first-order chi connectivity index (χ1) is 7.00. The van der Waals surface area contributed by atoms with E-state index in [1.165, 1.54) is 0 Å². The molecule has 0 aromatic carbocycles. The van der Waals surface area contributed by atoms with Crippen LogP contribution in [0.15, 0.2) is 0 Å². The number of amides is 1. The number of carbonyl (C=O) groups is 1. The zero-order valence-corrected chi connectivity index (χ0v) is 13.1. The van der Waals surface area contributed by atoms with Crippen molar-refractivity contribution in [2.45, 2.75) is 47.1 Å². The Hall–Kier alpha value is -0.0500. The average Bonchev–Trinajstić information content (AvgIpc) is 2.55. The second kappa shape index (κ2) is 3.72. The first-order valence-electron chi connectivity index (χ1n) is 5.84. The fraction of sp³-hybridized carbons (Fsp3) is 0.923. The van der Waals surface area contributed by atoms with Gasteiger partial charge < -0.3 is 4.90 Å². The summed E-state index contributed by atoms with van der Waals surface area (Å²) in [6.07, 6.45) is 0. The van der Waals surface area contributed by atoms with Gasteiger partial charge in [0.05, 0.1) is 0 Å². The van der Waals surface area contributed by atoms with Crippen LogP contribution in [-0.2, 0) is 4.79 Å². The molecule has 0 spiro atoms. The van der Waals surface area contributed by atoms with Gasteiger partial charge in [0.1, 0.15) is 0 Å². The van der Waals surface area contributed by atoms with Gasteiger partial charge in [-0.3, -0.25) is 4.79 Å². The van der Waals surface area contributed by atoms with Crippen molar-refractivity contribution in [3.63, 3.8) is 0 Å². The molecular weight excluding hydrogens is 266 g/mol. The summed E-state index contributed by atoms with van der Waals surface area (Å²) < 4.78 is 0. The molecule has 0 unspecified atom stereocenters. The predicted octanol–water partition coefficient (Wildman–Crippen LogP) is 3.30. The Labute approximate surface area is 108 Å². The quantitative estimate of drug-likeness (QED) is 0.730. The van der Waals surface area contributed by atoms with Crippen LogP contribution in [0.4, 0.5) is 0 Å². The summed E-state index contributed by atoms with van der Waals surface area (Å²) in [6.45, 7) is 12.9. The van der Waals surface area contributed by atoms with Crippen molar-refractivity contribution < 1.29 is 4.79 Å². The van der Waals surface area contributed by atoms with Crippen LogP contribution < -0.4 is 0 Å². The van der Waals surface area contributed by atoms with Crippen LogP contribution in [0.3, 0.4) is 0 Å². The summed E-state index contributed by atoms with van der Waals surface area (Å²) in [6, 6.07) is 0. The summed E-state index contributed by atoms with van der Waals surface area (Å²) in [5.74, 6) is 0.433. The lowest BCUT2D eigenvalue weighted by molar-refractivity contribution is -0.136. The molecule has 0 N–H and O–H groups in total. The van der Waals surface area contributed by atoms with Gasteiger partial charge in [0, 0.05) is 23.8 Å². The molecule has 1 amide bonds. The van der Waals surface area contributed by atoms with Crippen LogP contribution in [-0.4, -0.2) is 28.7 Å². The molecule has 1 aliphatic rings. The van der Waals surface area contributed by atoms with Crippen molar-refractivity contribution >= 4 is 21.8 Å². The SMILES string of the molecule is CN(C(=O)C1C(C)(C)C1(C)C)C(C)(C)CBr. The molecule has 0 bridgehead atoms. The van der Waals surface area contributed by atoms with Crippen LogP contribution in [0.1, 0.15) is 41.5 Å². The standard InChI is InChI=1S/C13H24BrNO/c1-11(2,8-14)15(7)10(16)9-12(3,4)13(9,5)6/h9H,8H2,1-7H3. The summed E-state index contributed by atoms with van der Waals surface area (Å²) in [5, 5.41) is 0.801. The highest BCUT2D eigenvalue weighted by Crippen LogP contribution is 2.68. The Bertz CT molecular complexity index is 293. The van der Waals surface area contributed by atoms with Crippen LogP contribution in [0.5, 0.6) is 0 Å². The third-order valence-corrected chi connectivity index (χ3v) is 6.21. The normalized spacial score (nSPS) is 23.0. The largest absolute Gasteiger partial charge is 0.340 e. The van der Waals surface area contributed by atoms with Gasteiger partial charge in [0.15, 0.2) is 0 Å². The third-order valence-electron chi connectivity index (χ3n) is 4.83. The topological polar surface area (TPSA) is 20.3 Å². The van der Waals surface area contributed by atoms with E-state index in [1.54, 1.807) is 0 Å². The number of nitrogens with zero attached hydrogens (tertiary/aromatic N) is 1. The van der Waals surface area contributed by atoms with Crippen molar-refractivity contribution in [3.05, 3.63) is 0 Å². The number of carbonyl (C=O) groups excluding carboxylic acids is 1. The predicted molar refractivity (Wildman–Crippen MR) is 71.7 cm³/mol. The minimum Gasteiger partial charge on any atom is -0.340 e. The lowest BCUT2D eigenvalue weighted by Gasteiger charge is -2.34. The van der Waals surface area contributed by atoms with Gasteiger partial charge in [0.25, 0.3) is 0 Å². The molecule has 0 atom stereocenters. The zero-order chi connectivity index (χ0) is 12.9. The Morgan fingerprint density at radius 2 is 1.62 bits per heavy atom. The molecule has 0 heterocycles. The highest BCUT2D eigenvalue weighted by Gasteiger charge is 2.69. The second-order valence-electron chi connectivity index (χ2n) is 6.72. The van der Waals surface area contributed by atoms with Crippen LogP contribution in [0.2, 0.25) is 0 Å². The van der Waals surface area contributed by atoms with Crippen LogP contribution in [0, 0.1) is 16.7 Å². The van der Waals surface area contributed by atoms with Gasteiger partial charge in [-0.15, -0.1) is 0 Å². The number of halogens is 1. The molecule has 0 aromatic rings. The molecule has 16 heavy (non-hydrogen) atoms. The monoisotopic (exact) mass is 289 g/mol. The summed E-state index contributed by atoms with van der Waals surface area (Å²) in [7, 11) is 1.91. The Morgan fingerprint density at radius 1 is 1.25 bits per heavy atom. The third kappa shape index (κ3) is 1.81. The average molecular weight is 290 g/mol. The highest BCUT2D eigenvalue weighted by molar-refractivity contribution is 9.09. The maximum absolute atomic E-state index is 12.4. The molecule has 3 heteroatoms. The highest BCUT2D eigenvalue weighted by atomic mass is 79.9. The van der Waals surface area contributed by atoms with E-state index in [0.717, 1.165) is 5.33 Å². The van der Waals surface area contributed by atoms with E-state index in [0.29, 0.717) is 0 Å². The molecular formula is C13H24BrNO. The number of rotatable bonds is 3. The maximum Gasteiger partial charge on any atom is 0.227 e. The molecule has 0 aliphatic heterocycles. The maximum atomic E-state index is 12.4. The Kier molecular flexibility index (Phi) is 3.26. The molecule has 0 saturated heterocycles. The van der Waals surface area contributed by atoms with Crippen molar-refractivity contribution in [2.75, 3.05) is 12.4 Å². The summed E-state index contributed by atoms with van der Waals surface area (Å²) >= 11 is 3.47. The number of alkyl halides is 1. The molecule has 1 rings (SSSR count). The van der Waals surface area contributed by atoms with Gasteiger partial charge >= 0.3 is 0 Å². The summed E-state index contributed by atoms with van der Waals surface area (Å²) in [5.41, 5.74) is 0.132. The van der Waals surface area contributed by atoms with E-state index in [1.807, 2.05) is 11.9 Å². The molecule has 0 aromatic heterocycles. The first-order valence-corrected chi connectivity index (χ1v) is 6.96. The number of hydrogen-bond acceptors (Lipinski definition) is 1. The van der Waals surface area contributed by atoms with E-state index >= 15 is 0 Å². The van der Waals surface area contributed by atoms with E-state index in [9.17, 15) is 4.79 Å². The van der Waals surface area contributed by atoms with Gasteiger partial charge in [-0.1, -0.05) is 43.6 Å². The van der Waals surface area contributed by atoms with Crippen molar-refractivity contribution in [3.8, 4) is 0 Å². The van der Waals surface area contributed by atoms with E-state index < -0.39 is 0 Å². The lowest BCUT2D eigenvalue weighted by atomic mass is 10.0. The Morgan fingerprint density at radius 3 is 1.88 bits per heavy atom. The fourth-order valence-corrected chi connectivity index (χ4v) is 2.77. The van der Waals surface area contributed by atoms with E-state index in [-0.39, 0.29) is 28.2 Å². The van der Waals surface area contributed by atoms with E-state index in [2.05, 4.69) is 57.5 Å². The van der Waals surface area contributed by atoms with Crippen LogP contribution in [0.25, 0.3) is 0 Å². The lowest BCUT2D eigenvalue weighted by Crippen LogP contribution is -2.47. The first kappa shape index (κ1) is 14.0. The zero-order valence-electron chi connectivity index (χ0n) is 11.5. The van der Waals surface area contributed by atoms with Crippen LogP contribution >= 0.6 is 15.9 Å². The molecule has 94 valence electrons. The summed E-state index contributed by atoms with van der Waals surface area (Å²) in [4.78, 5) is 14.3. The van der Waals surface area contributed by atoms with Gasteiger partial charge in [-0.05, 0) is 24.7 Å². The molecule has 1 aliphatic carbocycles. The van der Waals surface area contributed by atoms with Gasteiger partial charge in [-0.25, -0.2) is 0 Å². The molecule has 2 nitrogen and oxygen atoms in total. The minimum atomic E-state index is -0.119. The second-order valence-corrected chi connectivity index (χ2v) is 7.28. The van der Waals surface area contributed by atoms with Gasteiger partial charge in [0.2, 0.25) is 5.91 Å². The van der Waals surface area contributed by atoms with Gasteiger partial charge in [-0.2, -0.15) is 0 Å². The molecule has 1 fully saturated rings. The Balaban J connectivity index is 2.83. The van der Waals surface area contributed by atoms with Crippen molar-refractivity contribution in [1.82, 2.24) is 4.90 Å². The molecule has 0 radical (unpaired) electrons. The molecule has 1 saturated carbocycles. The van der Waals surface area contributed by atoms with Crippen molar-refractivity contribution in [1.29, 1.82) is 0 Å². The van der Waals surface area contributed by atoms with Crippen molar-refractivity contribution in [2.24, 2.45) is 16.7 Å². The fourth-order valence-electron chi connectivity index (χ4n) is 2.40.